The van der Waals surface area contributed by atoms with Crippen molar-refractivity contribution in [2.24, 2.45) is 5.92 Å². The second-order valence-electron chi connectivity index (χ2n) is 6.49. The number of piperidine rings is 2. The van der Waals surface area contributed by atoms with Gasteiger partial charge in [-0.1, -0.05) is 6.92 Å². The highest BCUT2D eigenvalue weighted by Gasteiger charge is 2.34. The molecule has 3 rings (SSSR count). The van der Waals surface area contributed by atoms with Crippen molar-refractivity contribution in [3.8, 4) is 0 Å². The Morgan fingerprint density at radius 3 is 3.10 bits per heavy atom. The second kappa shape index (κ2) is 6.75. The van der Waals surface area contributed by atoms with Crippen LogP contribution >= 0.6 is 0 Å². The van der Waals surface area contributed by atoms with E-state index in [2.05, 4.69) is 46.2 Å². The lowest BCUT2D eigenvalue weighted by Gasteiger charge is -2.46. The van der Waals surface area contributed by atoms with Crippen LogP contribution in [-0.4, -0.2) is 49.2 Å². The Bertz CT molecular complexity index is 462. The lowest BCUT2D eigenvalue weighted by atomic mass is 9.84. The molecule has 1 aromatic heterocycles. The topological polar surface area (TPSA) is 31.4 Å². The summed E-state index contributed by atoms with van der Waals surface area (Å²) in [7, 11) is 2.29. The van der Waals surface area contributed by atoms with E-state index in [4.69, 9.17) is 0 Å². The van der Waals surface area contributed by atoms with E-state index in [1.165, 1.54) is 37.9 Å². The van der Waals surface area contributed by atoms with Crippen molar-refractivity contribution in [1.29, 1.82) is 0 Å². The Morgan fingerprint density at radius 2 is 2.24 bits per heavy atom. The first kappa shape index (κ1) is 14.8. The molecule has 2 aliphatic rings. The van der Waals surface area contributed by atoms with E-state index in [0.717, 1.165) is 37.4 Å². The number of nitrogens with one attached hydrogen (secondary N) is 1. The maximum Gasteiger partial charge on any atom is 0.128 e. The van der Waals surface area contributed by atoms with Crippen LogP contribution in [0.2, 0.25) is 0 Å². The summed E-state index contributed by atoms with van der Waals surface area (Å²) >= 11 is 0. The number of fused-ring (bicyclic) bond motifs is 1. The quantitative estimate of drug-likeness (QED) is 0.919. The number of nitrogens with zero attached hydrogens (tertiary/aromatic N) is 3. The molecule has 21 heavy (non-hydrogen) atoms. The highest BCUT2D eigenvalue weighted by Crippen LogP contribution is 2.31. The molecule has 1 aromatic rings. The Hall–Kier alpha value is -1.13. The Balaban J connectivity index is 1.67. The zero-order chi connectivity index (χ0) is 14.7. The fourth-order valence-electron chi connectivity index (χ4n) is 3.87. The molecule has 0 aliphatic carbocycles. The molecule has 116 valence electrons. The van der Waals surface area contributed by atoms with Crippen LogP contribution in [0.15, 0.2) is 18.3 Å². The summed E-state index contributed by atoms with van der Waals surface area (Å²) in [5, 5.41) is 3.39. The van der Waals surface area contributed by atoms with Crippen LogP contribution in [0.1, 0.15) is 31.7 Å². The predicted molar refractivity (Wildman–Crippen MR) is 87.6 cm³/mol. The summed E-state index contributed by atoms with van der Waals surface area (Å²) in [5.41, 5.74) is 1.34. The number of hydrogen-bond donors (Lipinski definition) is 1. The van der Waals surface area contributed by atoms with Crippen LogP contribution in [0.5, 0.6) is 0 Å². The van der Waals surface area contributed by atoms with Crippen molar-refractivity contribution in [3.63, 3.8) is 0 Å². The molecule has 0 amide bonds. The molecule has 0 aromatic carbocycles. The van der Waals surface area contributed by atoms with Crippen molar-refractivity contribution in [3.05, 3.63) is 23.9 Å². The number of likely N-dealkylation sites (tertiary alicyclic amines) is 1. The molecule has 1 N–H and O–H groups in total. The van der Waals surface area contributed by atoms with Crippen molar-refractivity contribution in [2.45, 2.75) is 38.8 Å². The van der Waals surface area contributed by atoms with E-state index in [9.17, 15) is 0 Å². The van der Waals surface area contributed by atoms with Gasteiger partial charge in [0.05, 0.1) is 0 Å². The fraction of sp³-hybridized carbons (Fsp3) is 0.706. The first-order chi connectivity index (χ1) is 10.3. The zero-order valence-electron chi connectivity index (χ0n) is 13.4. The van der Waals surface area contributed by atoms with Gasteiger partial charge >= 0.3 is 0 Å². The summed E-state index contributed by atoms with van der Waals surface area (Å²) in [6, 6.07) is 5.17. The van der Waals surface area contributed by atoms with E-state index < -0.39 is 0 Å². The van der Waals surface area contributed by atoms with Gasteiger partial charge in [-0.05, 0) is 63.0 Å². The minimum absolute atomic E-state index is 0.792. The largest absolute Gasteiger partial charge is 0.356 e. The standard InChI is InChI=1S/C17H28N4/c1-3-18-12-14-6-8-19-17(11-14)21-10-7-16-15(13-21)5-4-9-20(16)2/h6,8,11,15-16,18H,3-5,7,9-10,12-13H2,1-2H3. The van der Waals surface area contributed by atoms with Crippen LogP contribution < -0.4 is 10.2 Å². The average Bonchev–Trinajstić information content (AvgIpc) is 2.53. The molecule has 3 heterocycles. The highest BCUT2D eigenvalue weighted by atomic mass is 15.2. The van der Waals surface area contributed by atoms with E-state index in [-0.39, 0.29) is 0 Å². The van der Waals surface area contributed by atoms with E-state index in [1.54, 1.807) is 0 Å². The number of aromatic nitrogens is 1. The normalized spacial score (nSPS) is 26.7. The van der Waals surface area contributed by atoms with Gasteiger partial charge in [-0.25, -0.2) is 4.98 Å². The van der Waals surface area contributed by atoms with E-state index in [0.29, 0.717) is 0 Å². The van der Waals surface area contributed by atoms with E-state index >= 15 is 0 Å². The van der Waals surface area contributed by atoms with Gasteiger partial charge in [-0.15, -0.1) is 0 Å². The maximum absolute atomic E-state index is 4.61. The van der Waals surface area contributed by atoms with E-state index in [1.807, 2.05) is 6.20 Å². The summed E-state index contributed by atoms with van der Waals surface area (Å²) in [5.74, 6) is 1.98. The molecule has 2 fully saturated rings. The van der Waals surface area contributed by atoms with Gasteiger partial charge in [0.15, 0.2) is 0 Å². The van der Waals surface area contributed by atoms with Gasteiger partial charge in [-0.3, -0.25) is 0 Å². The smallest absolute Gasteiger partial charge is 0.128 e. The van der Waals surface area contributed by atoms with Gasteiger partial charge in [0.2, 0.25) is 0 Å². The SMILES string of the molecule is CCNCc1ccnc(N2CCC3C(CCCN3C)C2)c1. The van der Waals surface area contributed by atoms with Crippen LogP contribution in [0.3, 0.4) is 0 Å². The molecular weight excluding hydrogens is 260 g/mol. The number of hydrogen-bond acceptors (Lipinski definition) is 4. The summed E-state index contributed by atoms with van der Waals surface area (Å²) in [6.45, 7) is 7.69. The zero-order valence-corrected chi connectivity index (χ0v) is 13.4. The van der Waals surface area contributed by atoms with Gasteiger partial charge in [0, 0.05) is 31.9 Å². The van der Waals surface area contributed by atoms with Gasteiger partial charge in [0.25, 0.3) is 0 Å². The lowest BCUT2D eigenvalue weighted by Crippen LogP contribution is -2.52. The minimum atomic E-state index is 0.792. The minimum Gasteiger partial charge on any atom is -0.356 e. The first-order valence-corrected chi connectivity index (χ1v) is 8.38. The van der Waals surface area contributed by atoms with Gasteiger partial charge < -0.3 is 15.1 Å². The van der Waals surface area contributed by atoms with Crippen molar-refractivity contribution >= 4 is 5.82 Å². The van der Waals surface area contributed by atoms with Crippen LogP contribution in [0, 0.1) is 5.92 Å². The lowest BCUT2D eigenvalue weighted by molar-refractivity contribution is 0.102. The molecular formula is C17H28N4. The molecule has 2 saturated heterocycles. The molecule has 2 atom stereocenters. The van der Waals surface area contributed by atoms with Gasteiger partial charge in [-0.2, -0.15) is 0 Å². The Kier molecular flexibility index (Phi) is 4.76. The highest BCUT2D eigenvalue weighted by molar-refractivity contribution is 5.41. The van der Waals surface area contributed by atoms with Gasteiger partial charge in [0.1, 0.15) is 5.82 Å². The molecule has 2 aliphatic heterocycles. The van der Waals surface area contributed by atoms with Crippen molar-refractivity contribution < 1.29 is 0 Å². The first-order valence-electron chi connectivity index (χ1n) is 8.38. The molecule has 2 unspecified atom stereocenters. The number of pyridine rings is 1. The third-order valence-corrected chi connectivity index (χ3v) is 5.06. The molecule has 4 nitrogen and oxygen atoms in total. The second-order valence-corrected chi connectivity index (χ2v) is 6.49. The third-order valence-electron chi connectivity index (χ3n) is 5.06. The Labute approximate surface area is 128 Å². The molecule has 0 bridgehead atoms. The molecule has 0 spiro atoms. The summed E-state index contributed by atoms with van der Waals surface area (Å²) < 4.78 is 0. The predicted octanol–water partition coefficient (Wildman–Crippen LogP) is 2.11. The number of rotatable bonds is 4. The third kappa shape index (κ3) is 3.38. The van der Waals surface area contributed by atoms with Crippen LogP contribution in [-0.2, 0) is 6.54 Å². The monoisotopic (exact) mass is 288 g/mol. The Morgan fingerprint density at radius 1 is 1.33 bits per heavy atom. The summed E-state index contributed by atoms with van der Waals surface area (Å²) in [4.78, 5) is 9.68. The average molecular weight is 288 g/mol. The summed E-state index contributed by atoms with van der Waals surface area (Å²) in [6.07, 6.45) is 5.96. The van der Waals surface area contributed by atoms with Crippen molar-refractivity contribution in [1.82, 2.24) is 15.2 Å². The molecule has 0 saturated carbocycles. The molecule has 4 heteroatoms. The number of anilines is 1. The maximum atomic E-state index is 4.61. The van der Waals surface area contributed by atoms with Crippen molar-refractivity contribution in [2.75, 3.05) is 38.1 Å². The molecule has 0 radical (unpaired) electrons. The van der Waals surface area contributed by atoms with Crippen LogP contribution in [0.4, 0.5) is 5.82 Å². The fourth-order valence-corrected chi connectivity index (χ4v) is 3.87. The van der Waals surface area contributed by atoms with Crippen LogP contribution in [0.25, 0.3) is 0 Å².